The van der Waals surface area contributed by atoms with E-state index in [9.17, 15) is 18.8 Å². The Balaban J connectivity index is 1.50. The molecule has 2 aromatic heterocycles. The zero-order valence-electron chi connectivity index (χ0n) is 20.7. The number of amides is 1. The Hall–Kier alpha value is -5.44. The van der Waals surface area contributed by atoms with Crippen molar-refractivity contribution in [3.05, 3.63) is 101 Å². The van der Waals surface area contributed by atoms with Crippen molar-refractivity contribution in [2.45, 2.75) is 19.5 Å². The molecule has 196 valence electrons. The third-order valence-corrected chi connectivity index (χ3v) is 5.83. The van der Waals surface area contributed by atoms with Crippen LogP contribution in [-0.4, -0.2) is 33.0 Å². The van der Waals surface area contributed by atoms with Crippen LogP contribution in [0.4, 0.5) is 14.6 Å². The second-order valence-electron chi connectivity index (χ2n) is 8.39. The second-order valence-corrected chi connectivity index (χ2v) is 8.39. The molecule has 0 bridgehead atoms. The number of nitriles is 1. The summed E-state index contributed by atoms with van der Waals surface area (Å²) in [5.74, 6) is -2.31. The molecule has 39 heavy (non-hydrogen) atoms. The van der Waals surface area contributed by atoms with E-state index in [2.05, 4.69) is 30.6 Å². The number of benzene rings is 2. The van der Waals surface area contributed by atoms with Crippen molar-refractivity contribution in [2.75, 3.05) is 5.32 Å². The number of nitrogens with two attached hydrogens (primary N) is 1. The van der Waals surface area contributed by atoms with Crippen LogP contribution in [0.3, 0.4) is 0 Å². The number of hydrogen-bond donors (Lipinski definition) is 5. The highest BCUT2D eigenvalue weighted by atomic mass is 19.2. The Kier molecular flexibility index (Phi) is 8.01. The molecule has 0 spiro atoms. The Labute approximate surface area is 222 Å². The van der Waals surface area contributed by atoms with E-state index in [-0.39, 0.29) is 29.6 Å². The summed E-state index contributed by atoms with van der Waals surface area (Å²) >= 11 is 0. The first-order valence-electron chi connectivity index (χ1n) is 11.7. The summed E-state index contributed by atoms with van der Waals surface area (Å²) in [6.07, 6.45) is 3.85. The van der Waals surface area contributed by atoms with E-state index in [1.165, 1.54) is 12.3 Å². The quantitative estimate of drug-likeness (QED) is 0.163. The lowest BCUT2D eigenvalue weighted by molar-refractivity contribution is 0.0935. The van der Waals surface area contributed by atoms with Crippen LogP contribution < -0.4 is 16.4 Å². The summed E-state index contributed by atoms with van der Waals surface area (Å²) < 4.78 is 26.9. The van der Waals surface area contributed by atoms with Crippen LogP contribution in [0.1, 0.15) is 46.0 Å². The maximum atomic E-state index is 13.6. The van der Waals surface area contributed by atoms with Gasteiger partial charge in [0.2, 0.25) is 0 Å². The van der Waals surface area contributed by atoms with Gasteiger partial charge in [0.1, 0.15) is 18.2 Å². The lowest BCUT2D eigenvalue weighted by atomic mass is 10.0. The normalized spacial score (nSPS) is 11.9. The Morgan fingerprint density at radius 2 is 2.00 bits per heavy atom. The maximum Gasteiger partial charge on any atom is 0.274 e. The summed E-state index contributed by atoms with van der Waals surface area (Å²) in [5, 5.41) is 22.1. The number of H-pyrrole nitrogens is 1. The number of anilines is 1. The van der Waals surface area contributed by atoms with E-state index in [0.717, 1.165) is 35.2 Å². The van der Waals surface area contributed by atoms with Gasteiger partial charge in [-0.25, -0.2) is 23.7 Å². The number of hydrogen-bond acceptors (Lipinski definition) is 6. The summed E-state index contributed by atoms with van der Waals surface area (Å²) in [5.41, 5.74) is 9.29. The van der Waals surface area contributed by atoms with Gasteiger partial charge < -0.3 is 21.4 Å². The third kappa shape index (κ3) is 6.11. The molecule has 0 aliphatic carbocycles. The molecule has 12 heteroatoms. The van der Waals surface area contributed by atoms with Crippen molar-refractivity contribution in [2.24, 2.45) is 10.7 Å². The number of aliphatic imine (C=N–C) groups is 1. The van der Waals surface area contributed by atoms with Gasteiger partial charge in [0.05, 0.1) is 17.9 Å². The predicted molar refractivity (Wildman–Crippen MR) is 142 cm³/mol. The van der Waals surface area contributed by atoms with Crippen LogP contribution in [0.15, 0.2) is 65.9 Å². The number of carbonyl (C=O) groups is 1. The SMILES string of the molecule is C[C@H](NC(=O)c1nc(C#N)cnc1NCc1ccc(-c2cc[nH]c2/C(N)=N\C=N)cc1)c1ccc(F)c(F)c1. The lowest BCUT2D eigenvalue weighted by Gasteiger charge is -2.16. The van der Waals surface area contributed by atoms with Gasteiger partial charge in [0.25, 0.3) is 5.91 Å². The molecule has 1 amide bonds. The molecule has 2 aromatic carbocycles. The van der Waals surface area contributed by atoms with Crippen LogP contribution in [0.2, 0.25) is 0 Å². The summed E-state index contributed by atoms with van der Waals surface area (Å²) in [4.78, 5) is 28.1. The first-order valence-corrected chi connectivity index (χ1v) is 11.7. The summed E-state index contributed by atoms with van der Waals surface area (Å²) in [7, 11) is 0. The molecule has 0 unspecified atom stereocenters. The molecule has 4 rings (SSSR count). The molecule has 10 nitrogen and oxygen atoms in total. The van der Waals surface area contributed by atoms with Crippen LogP contribution in [0.5, 0.6) is 0 Å². The Morgan fingerprint density at radius 3 is 2.69 bits per heavy atom. The number of amidine groups is 1. The molecule has 0 saturated heterocycles. The highest BCUT2D eigenvalue weighted by Crippen LogP contribution is 2.24. The van der Waals surface area contributed by atoms with Crippen molar-refractivity contribution in [1.82, 2.24) is 20.3 Å². The summed E-state index contributed by atoms with van der Waals surface area (Å²) in [6.45, 7) is 1.90. The molecular formula is C27H23F2N9O. The van der Waals surface area contributed by atoms with Gasteiger partial charge in [-0.2, -0.15) is 5.26 Å². The van der Waals surface area contributed by atoms with E-state index in [0.29, 0.717) is 11.3 Å². The Bertz CT molecular complexity index is 1590. The molecule has 1 atom stereocenters. The van der Waals surface area contributed by atoms with Gasteiger partial charge in [-0.1, -0.05) is 30.3 Å². The number of nitrogens with zero attached hydrogens (tertiary/aromatic N) is 4. The molecule has 4 aromatic rings. The first kappa shape index (κ1) is 26.6. The van der Waals surface area contributed by atoms with Gasteiger partial charge in [-0.05, 0) is 41.8 Å². The highest BCUT2D eigenvalue weighted by Gasteiger charge is 2.20. The monoisotopic (exact) mass is 527 g/mol. The largest absolute Gasteiger partial charge is 0.382 e. The number of aromatic amines is 1. The molecular weight excluding hydrogens is 504 g/mol. The van der Waals surface area contributed by atoms with Gasteiger partial charge in [0, 0.05) is 18.3 Å². The minimum absolute atomic E-state index is 0.0522. The van der Waals surface area contributed by atoms with Crippen molar-refractivity contribution in [3.63, 3.8) is 0 Å². The smallest absolute Gasteiger partial charge is 0.274 e. The van der Waals surface area contributed by atoms with Crippen molar-refractivity contribution in [1.29, 1.82) is 10.7 Å². The van der Waals surface area contributed by atoms with E-state index in [4.69, 9.17) is 11.1 Å². The summed E-state index contributed by atoms with van der Waals surface area (Å²) in [6, 6.07) is 13.9. The van der Waals surface area contributed by atoms with Crippen LogP contribution in [-0.2, 0) is 6.54 Å². The van der Waals surface area contributed by atoms with Crippen LogP contribution in [0.25, 0.3) is 11.1 Å². The third-order valence-electron chi connectivity index (χ3n) is 5.83. The topological polar surface area (TPSA) is 169 Å². The molecule has 0 fully saturated rings. The number of halogens is 2. The van der Waals surface area contributed by atoms with Crippen molar-refractivity contribution < 1.29 is 13.6 Å². The first-order chi connectivity index (χ1) is 18.8. The van der Waals surface area contributed by atoms with E-state index < -0.39 is 23.6 Å². The van der Waals surface area contributed by atoms with Crippen LogP contribution in [0, 0.1) is 28.4 Å². The zero-order valence-corrected chi connectivity index (χ0v) is 20.7. The van der Waals surface area contributed by atoms with E-state index in [1.54, 1.807) is 13.1 Å². The zero-order chi connectivity index (χ0) is 27.9. The van der Waals surface area contributed by atoms with Crippen LogP contribution >= 0.6 is 0 Å². The van der Waals surface area contributed by atoms with Crippen molar-refractivity contribution in [3.8, 4) is 17.2 Å². The van der Waals surface area contributed by atoms with Gasteiger partial charge >= 0.3 is 0 Å². The molecule has 0 aliphatic rings. The second kappa shape index (κ2) is 11.7. The molecule has 0 saturated carbocycles. The number of rotatable bonds is 9. The number of carbonyl (C=O) groups excluding carboxylic acids is 1. The van der Waals surface area contributed by atoms with Crippen molar-refractivity contribution >= 4 is 23.9 Å². The molecule has 2 heterocycles. The number of nitrogens with one attached hydrogen (secondary N) is 4. The maximum absolute atomic E-state index is 13.6. The predicted octanol–water partition coefficient (Wildman–Crippen LogP) is 4.04. The fourth-order valence-corrected chi connectivity index (χ4v) is 3.80. The van der Waals surface area contributed by atoms with E-state index in [1.807, 2.05) is 36.4 Å². The van der Waals surface area contributed by atoms with Gasteiger partial charge in [-0.15, -0.1) is 0 Å². The fourth-order valence-electron chi connectivity index (χ4n) is 3.80. The minimum Gasteiger partial charge on any atom is -0.382 e. The highest BCUT2D eigenvalue weighted by molar-refractivity contribution is 6.04. The average Bonchev–Trinajstić information content (AvgIpc) is 3.44. The lowest BCUT2D eigenvalue weighted by Crippen LogP contribution is -2.29. The van der Waals surface area contributed by atoms with Gasteiger partial charge in [-0.3, -0.25) is 10.2 Å². The standard InChI is InChI=1S/C27H23F2N9O/c1-15(18-6-7-21(28)22(29)10-18)37-27(39)24-26(35-13-19(11-30)38-24)34-12-16-2-4-17(5-3-16)20-8-9-33-23(20)25(32)36-14-31/h2-10,13-15,33H,12H2,1H3,(H,34,35)(H,37,39)(H3,31,32,36)/t15-/m0/s1. The Morgan fingerprint density at radius 1 is 1.23 bits per heavy atom. The van der Waals surface area contributed by atoms with E-state index >= 15 is 0 Å². The fraction of sp³-hybridized carbons (Fsp3) is 0.111. The molecule has 0 radical (unpaired) electrons. The minimum atomic E-state index is -1.02. The molecule has 0 aliphatic heterocycles. The number of aromatic nitrogens is 3. The molecule has 6 N–H and O–H groups in total. The van der Waals surface area contributed by atoms with Gasteiger partial charge in [0.15, 0.2) is 28.8 Å². The average molecular weight is 528 g/mol.